The number of ether oxygens (including phenoxy) is 3. The van der Waals surface area contributed by atoms with E-state index in [2.05, 4.69) is 10.6 Å². The maximum Gasteiger partial charge on any atom is 0.341 e. The highest BCUT2D eigenvalue weighted by Crippen LogP contribution is 2.36. The Balaban J connectivity index is 1.96. The van der Waals surface area contributed by atoms with Crippen LogP contribution in [0.5, 0.6) is 11.5 Å². The van der Waals surface area contributed by atoms with E-state index in [0.29, 0.717) is 28.3 Å². The Labute approximate surface area is 195 Å². The van der Waals surface area contributed by atoms with Gasteiger partial charge in [-0.05, 0) is 43.7 Å². The van der Waals surface area contributed by atoms with E-state index in [4.69, 9.17) is 14.2 Å². The number of aryl methyl sites for hydroxylation is 1. The zero-order chi connectivity index (χ0) is 24.1. The van der Waals surface area contributed by atoms with Crippen molar-refractivity contribution >= 4 is 39.8 Å². The molecule has 3 rings (SSSR count). The summed E-state index contributed by atoms with van der Waals surface area (Å²) in [5, 5.41) is 5.76. The Morgan fingerprint density at radius 1 is 0.879 bits per heavy atom. The Bertz CT molecular complexity index is 1220. The van der Waals surface area contributed by atoms with Gasteiger partial charge in [-0.3, -0.25) is 9.59 Å². The highest BCUT2D eigenvalue weighted by Gasteiger charge is 2.27. The molecule has 3 aromatic rings. The van der Waals surface area contributed by atoms with Crippen molar-refractivity contribution in [3.05, 3.63) is 69.6 Å². The molecule has 0 fully saturated rings. The van der Waals surface area contributed by atoms with E-state index >= 15 is 0 Å². The fourth-order valence-corrected chi connectivity index (χ4v) is 4.30. The molecule has 0 saturated carbocycles. The predicted molar refractivity (Wildman–Crippen MR) is 127 cm³/mol. The monoisotopic (exact) mass is 468 g/mol. The number of anilines is 2. The lowest BCUT2D eigenvalue weighted by Crippen LogP contribution is -2.14. The van der Waals surface area contributed by atoms with Crippen molar-refractivity contribution in [2.45, 2.75) is 13.8 Å². The van der Waals surface area contributed by atoms with Crippen LogP contribution < -0.4 is 20.1 Å². The lowest BCUT2D eigenvalue weighted by atomic mass is 10.1. The van der Waals surface area contributed by atoms with E-state index in [0.717, 1.165) is 16.9 Å². The second kappa shape index (κ2) is 10.2. The largest absolute Gasteiger partial charge is 0.497 e. The first-order valence-electron chi connectivity index (χ1n) is 9.92. The second-order valence-electron chi connectivity index (χ2n) is 7.10. The molecule has 0 bridgehead atoms. The number of thiophene rings is 1. The third-order valence-corrected chi connectivity index (χ3v) is 6.11. The van der Waals surface area contributed by atoms with Gasteiger partial charge in [-0.1, -0.05) is 17.7 Å². The summed E-state index contributed by atoms with van der Waals surface area (Å²) in [7, 11) is 4.25. The Hall–Kier alpha value is -3.85. The van der Waals surface area contributed by atoms with Gasteiger partial charge < -0.3 is 24.8 Å². The van der Waals surface area contributed by atoms with E-state index in [9.17, 15) is 14.4 Å². The van der Waals surface area contributed by atoms with Crippen LogP contribution in [0.4, 0.5) is 10.7 Å². The van der Waals surface area contributed by atoms with Gasteiger partial charge in [-0.15, -0.1) is 11.3 Å². The molecule has 0 radical (unpaired) electrons. The molecule has 2 aromatic carbocycles. The molecule has 0 atom stereocenters. The van der Waals surface area contributed by atoms with Crippen molar-refractivity contribution < 1.29 is 28.6 Å². The quantitative estimate of drug-likeness (QED) is 0.489. The first kappa shape index (κ1) is 23.8. The molecule has 0 unspecified atom stereocenters. The van der Waals surface area contributed by atoms with Crippen LogP contribution in [0.3, 0.4) is 0 Å². The maximum atomic E-state index is 13.1. The topological polar surface area (TPSA) is 103 Å². The van der Waals surface area contributed by atoms with E-state index in [1.807, 2.05) is 13.0 Å². The van der Waals surface area contributed by atoms with Crippen LogP contribution in [0.1, 0.15) is 41.5 Å². The summed E-state index contributed by atoms with van der Waals surface area (Å²) in [6.45, 7) is 3.50. The summed E-state index contributed by atoms with van der Waals surface area (Å²) in [4.78, 5) is 38.6. The molecular weight excluding hydrogens is 444 g/mol. The highest BCUT2D eigenvalue weighted by molar-refractivity contribution is 7.19. The Morgan fingerprint density at radius 3 is 2.27 bits per heavy atom. The predicted octanol–water partition coefficient (Wildman–Crippen LogP) is 4.67. The number of hydrogen-bond acceptors (Lipinski definition) is 7. The van der Waals surface area contributed by atoms with Gasteiger partial charge in [0.15, 0.2) is 0 Å². The number of carbonyl (C=O) groups excluding carboxylic acids is 3. The van der Waals surface area contributed by atoms with Crippen molar-refractivity contribution in [1.29, 1.82) is 0 Å². The van der Waals surface area contributed by atoms with Crippen molar-refractivity contribution in [3.8, 4) is 11.5 Å². The summed E-state index contributed by atoms with van der Waals surface area (Å²) in [5.74, 6) is -0.534. The zero-order valence-electron chi connectivity index (χ0n) is 18.9. The molecule has 0 aliphatic rings. The first-order chi connectivity index (χ1) is 15.8. The van der Waals surface area contributed by atoms with Gasteiger partial charge in [0.25, 0.3) is 11.8 Å². The van der Waals surface area contributed by atoms with Crippen molar-refractivity contribution in [3.63, 3.8) is 0 Å². The Kier molecular flexibility index (Phi) is 7.34. The molecule has 2 N–H and O–H groups in total. The average Bonchev–Trinajstić information content (AvgIpc) is 3.14. The van der Waals surface area contributed by atoms with Gasteiger partial charge in [0, 0.05) is 11.6 Å². The molecule has 0 spiro atoms. The molecule has 33 heavy (non-hydrogen) atoms. The zero-order valence-corrected chi connectivity index (χ0v) is 19.7. The summed E-state index contributed by atoms with van der Waals surface area (Å²) >= 11 is 0.991. The smallest absolute Gasteiger partial charge is 0.341 e. The molecule has 0 saturated heterocycles. The molecule has 1 heterocycles. The number of methoxy groups -OCH3 is 3. The first-order valence-corrected chi connectivity index (χ1v) is 10.7. The third kappa shape index (κ3) is 5.15. The van der Waals surface area contributed by atoms with Gasteiger partial charge in [-0.25, -0.2) is 4.79 Å². The minimum atomic E-state index is -0.652. The number of hydrogen-bond donors (Lipinski definition) is 2. The minimum absolute atomic E-state index is 0.131. The number of carbonyl (C=O) groups is 3. The van der Waals surface area contributed by atoms with Crippen molar-refractivity contribution in [1.82, 2.24) is 0 Å². The molecule has 2 amide bonds. The lowest BCUT2D eigenvalue weighted by molar-refractivity contribution is 0.0601. The van der Waals surface area contributed by atoms with Crippen LogP contribution in [0.2, 0.25) is 0 Å². The summed E-state index contributed by atoms with van der Waals surface area (Å²) in [6, 6.07) is 12.1. The molecule has 9 heteroatoms. The van der Waals surface area contributed by atoms with Crippen LogP contribution >= 0.6 is 11.3 Å². The molecule has 0 aliphatic heterocycles. The standard InChI is InChI=1S/C24H24N2O6S/c1-13-7-6-8-15(11-13)21(27)26-23-19(24(29)32-5)14(2)20(33-23)22(28)25-17-12-16(30-3)9-10-18(17)31-4/h6-12H,1-5H3,(H,25,28)(H,26,27). The van der Waals surface area contributed by atoms with Crippen LogP contribution in [-0.2, 0) is 4.74 Å². The van der Waals surface area contributed by atoms with Gasteiger partial charge >= 0.3 is 5.97 Å². The fourth-order valence-electron chi connectivity index (χ4n) is 3.22. The molecular formula is C24H24N2O6S. The second-order valence-corrected chi connectivity index (χ2v) is 8.12. The van der Waals surface area contributed by atoms with Crippen molar-refractivity contribution in [2.75, 3.05) is 32.0 Å². The molecule has 1 aromatic heterocycles. The number of esters is 1. The van der Waals surface area contributed by atoms with Crippen LogP contribution in [-0.4, -0.2) is 39.1 Å². The van der Waals surface area contributed by atoms with E-state index in [1.54, 1.807) is 43.3 Å². The number of benzene rings is 2. The number of nitrogens with one attached hydrogen (secondary N) is 2. The number of amides is 2. The van der Waals surface area contributed by atoms with Gasteiger partial charge in [-0.2, -0.15) is 0 Å². The maximum absolute atomic E-state index is 13.1. The van der Waals surface area contributed by atoms with E-state index in [-0.39, 0.29) is 15.4 Å². The highest BCUT2D eigenvalue weighted by atomic mass is 32.1. The molecule has 8 nitrogen and oxygen atoms in total. The summed E-state index contributed by atoms with van der Waals surface area (Å²) < 4.78 is 15.4. The van der Waals surface area contributed by atoms with Gasteiger partial charge in [0.05, 0.1) is 37.5 Å². The minimum Gasteiger partial charge on any atom is -0.497 e. The summed E-state index contributed by atoms with van der Waals surface area (Å²) in [5.41, 5.74) is 2.28. The lowest BCUT2D eigenvalue weighted by Gasteiger charge is -2.11. The molecule has 172 valence electrons. The van der Waals surface area contributed by atoms with E-state index < -0.39 is 17.8 Å². The molecule has 0 aliphatic carbocycles. The fraction of sp³-hybridized carbons (Fsp3) is 0.208. The van der Waals surface area contributed by atoms with Crippen molar-refractivity contribution in [2.24, 2.45) is 0 Å². The van der Waals surface area contributed by atoms with E-state index in [1.165, 1.54) is 21.3 Å². The average molecular weight is 469 g/mol. The van der Waals surface area contributed by atoms with Crippen LogP contribution in [0.25, 0.3) is 0 Å². The van der Waals surface area contributed by atoms with Crippen LogP contribution in [0, 0.1) is 13.8 Å². The van der Waals surface area contributed by atoms with Crippen LogP contribution in [0.15, 0.2) is 42.5 Å². The number of rotatable bonds is 7. The third-order valence-electron chi connectivity index (χ3n) is 4.90. The summed E-state index contributed by atoms with van der Waals surface area (Å²) in [6.07, 6.45) is 0. The van der Waals surface area contributed by atoms with Gasteiger partial charge in [0.1, 0.15) is 16.5 Å². The van der Waals surface area contributed by atoms with Gasteiger partial charge in [0.2, 0.25) is 0 Å². The SMILES string of the molecule is COC(=O)c1c(NC(=O)c2cccc(C)c2)sc(C(=O)Nc2cc(OC)ccc2OC)c1C. The Morgan fingerprint density at radius 2 is 1.64 bits per heavy atom. The normalized spacial score (nSPS) is 10.3.